The average molecular weight is 271 g/mol. The van der Waals surface area contributed by atoms with E-state index >= 15 is 0 Å². The van der Waals surface area contributed by atoms with Crippen molar-refractivity contribution in [2.45, 2.75) is 50.7 Å². The van der Waals surface area contributed by atoms with Crippen LogP contribution in [0.3, 0.4) is 0 Å². The summed E-state index contributed by atoms with van der Waals surface area (Å²) in [5, 5.41) is 2.99. The largest absolute Gasteiger partial charge is 0.389 e. The van der Waals surface area contributed by atoms with Gasteiger partial charge in [0, 0.05) is 12.5 Å². The molecular weight excluding hydrogens is 251 g/mol. The number of benzene rings is 1. The third-order valence-corrected chi connectivity index (χ3v) is 3.83. The molecule has 106 valence electrons. The van der Waals surface area contributed by atoms with Gasteiger partial charge in [-0.25, -0.2) is 0 Å². The molecule has 0 aliphatic heterocycles. The van der Waals surface area contributed by atoms with Crippen LogP contribution in [0.5, 0.6) is 0 Å². The molecule has 0 bridgehead atoms. The van der Waals surface area contributed by atoms with Gasteiger partial charge in [-0.15, -0.1) is 0 Å². The average Bonchev–Trinajstić information content (AvgIpc) is 2.80. The fourth-order valence-electron chi connectivity index (χ4n) is 2.72. The highest BCUT2D eigenvalue weighted by Crippen LogP contribution is 2.25. The summed E-state index contributed by atoms with van der Waals surface area (Å²) in [6.07, 6.45) is -0.537. The third kappa shape index (κ3) is 4.23. The van der Waals surface area contributed by atoms with Crippen LogP contribution in [-0.2, 0) is 19.3 Å². The van der Waals surface area contributed by atoms with Crippen molar-refractivity contribution in [1.82, 2.24) is 5.32 Å². The van der Waals surface area contributed by atoms with Crippen LogP contribution in [0, 0.1) is 0 Å². The minimum absolute atomic E-state index is 0.110. The zero-order chi connectivity index (χ0) is 13.9. The molecule has 1 aliphatic carbocycles. The highest BCUT2D eigenvalue weighted by molar-refractivity contribution is 5.35. The monoisotopic (exact) mass is 271 g/mol. The quantitative estimate of drug-likeness (QED) is 0.862. The summed E-state index contributed by atoms with van der Waals surface area (Å²) in [7, 11) is 1.73. The van der Waals surface area contributed by atoms with E-state index in [1.54, 1.807) is 7.05 Å². The van der Waals surface area contributed by atoms with E-state index in [0.717, 1.165) is 18.4 Å². The smallest absolute Gasteiger partial charge is 0.317 e. The molecule has 1 aromatic rings. The van der Waals surface area contributed by atoms with E-state index in [1.165, 1.54) is 17.5 Å². The molecule has 1 atom stereocenters. The van der Waals surface area contributed by atoms with E-state index < -0.39 is 12.6 Å². The number of halogens is 3. The summed E-state index contributed by atoms with van der Waals surface area (Å²) in [6.45, 7) is 0. The van der Waals surface area contributed by atoms with E-state index in [4.69, 9.17) is 0 Å². The van der Waals surface area contributed by atoms with Crippen LogP contribution in [0.2, 0.25) is 0 Å². The van der Waals surface area contributed by atoms with Gasteiger partial charge in [-0.2, -0.15) is 13.2 Å². The molecule has 19 heavy (non-hydrogen) atoms. The SMILES string of the molecule is CNC(CCC(F)(F)F)Cc1ccc2c(c1)CCC2. The third-order valence-electron chi connectivity index (χ3n) is 3.83. The Kier molecular flexibility index (Phi) is 4.50. The molecule has 0 spiro atoms. The fourth-order valence-corrected chi connectivity index (χ4v) is 2.72. The Morgan fingerprint density at radius 3 is 2.63 bits per heavy atom. The van der Waals surface area contributed by atoms with Gasteiger partial charge in [-0.05, 0) is 55.8 Å². The van der Waals surface area contributed by atoms with Crippen LogP contribution in [-0.4, -0.2) is 19.3 Å². The Hall–Kier alpha value is -1.03. The number of rotatable bonds is 5. The maximum atomic E-state index is 12.2. The van der Waals surface area contributed by atoms with Crippen LogP contribution < -0.4 is 5.32 Å². The van der Waals surface area contributed by atoms with Crippen molar-refractivity contribution < 1.29 is 13.2 Å². The summed E-state index contributed by atoms with van der Waals surface area (Å²) in [6, 6.07) is 6.25. The Bertz CT molecular complexity index is 426. The molecule has 1 N–H and O–H groups in total. The van der Waals surface area contributed by atoms with Gasteiger partial charge in [-0.3, -0.25) is 0 Å². The van der Waals surface area contributed by atoms with Crippen molar-refractivity contribution in [1.29, 1.82) is 0 Å². The molecule has 1 nitrogen and oxygen atoms in total. The van der Waals surface area contributed by atoms with E-state index in [-0.39, 0.29) is 12.5 Å². The number of hydrogen-bond donors (Lipinski definition) is 1. The summed E-state index contributed by atoms with van der Waals surface area (Å²) >= 11 is 0. The van der Waals surface area contributed by atoms with Crippen LogP contribution in [0.15, 0.2) is 18.2 Å². The predicted molar refractivity (Wildman–Crippen MR) is 70.3 cm³/mol. The van der Waals surface area contributed by atoms with Crippen molar-refractivity contribution in [3.63, 3.8) is 0 Å². The molecular formula is C15H20F3N. The van der Waals surface area contributed by atoms with Gasteiger partial charge in [0.1, 0.15) is 0 Å². The molecule has 1 unspecified atom stereocenters. The first-order valence-corrected chi connectivity index (χ1v) is 6.82. The lowest BCUT2D eigenvalue weighted by Crippen LogP contribution is -2.29. The highest BCUT2D eigenvalue weighted by atomic mass is 19.4. The lowest BCUT2D eigenvalue weighted by atomic mass is 9.98. The van der Waals surface area contributed by atoms with Crippen molar-refractivity contribution in [3.05, 3.63) is 34.9 Å². The van der Waals surface area contributed by atoms with Gasteiger partial charge in [-0.1, -0.05) is 18.2 Å². The molecule has 0 aromatic heterocycles. The van der Waals surface area contributed by atoms with Gasteiger partial charge in [0.2, 0.25) is 0 Å². The molecule has 0 amide bonds. The zero-order valence-electron chi connectivity index (χ0n) is 11.2. The number of fused-ring (bicyclic) bond motifs is 1. The van der Waals surface area contributed by atoms with Crippen molar-refractivity contribution in [2.75, 3.05) is 7.05 Å². The number of aryl methyl sites for hydroxylation is 2. The summed E-state index contributed by atoms with van der Waals surface area (Å²) in [5.74, 6) is 0. The Balaban J connectivity index is 1.94. The molecule has 0 radical (unpaired) electrons. The second kappa shape index (κ2) is 5.95. The van der Waals surface area contributed by atoms with E-state index in [1.807, 2.05) is 0 Å². The van der Waals surface area contributed by atoms with E-state index in [0.29, 0.717) is 6.42 Å². The number of hydrogen-bond acceptors (Lipinski definition) is 1. The Morgan fingerprint density at radius 2 is 1.95 bits per heavy atom. The number of likely N-dealkylation sites (N-methyl/N-ethyl adjacent to an activating group) is 1. The minimum atomic E-state index is -4.06. The molecule has 0 saturated heterocycles. The molecule has 2 rings (SSSR count). The second-order valence-corrected chi connectivity index (χ2v) is 5.30. The molecule has 1 aromatic carbocycles. The first-order chi connectivity index (χ1) is 8.98. The standard InChI is InChI=1S/C15H20F3N/c1-19-14(7-8-15(16,17)18)10-11-5-6-12-3-2-4-13(12)9-11/h5-6,9,14,19H,2-4,7-8,10H2,1H3. The van der Waals surface area contributed by atoms with Crippen LogP contribution >= 0.6 is 0 Å². The van der Waals surface area contributed by atoms with Crippen LogP contribution in [0.25, 0.3) is 0 Å². The summed E-state index contributed by atoms with van der Waals surface area (Å²) < 4.78 is 36.7. The number of alkyl halides is 3. The van der Waals surface area contributed by atoms with E-state index in [2.05, 4.69) is 23.5 Å². The molecule has 1 aliphatic rings. The first-order valence-electron chi connectivity index (χ1n) is 6.82. The Labute approximate surface area is 112 Å². The topological polar surface area (TPSA) is 12.0 Å². The van der Waals surface area contributed by atoms with Gasteiger partial charge in [0.15, 0.2) is 0 Å². The van der Waals surface area contributed by atoms with Gasteiger partial charge in [0.05, 0.1) is 0 Å². The van der Waals surface area contributed by atoms with Crippen LogP contribution in [0.1, 0.15) is 36.0 Å². The number of nitrogens with one attached hydrogen (secondary N) is 1. The molecule has 4 heteroatoms. The lowest BCUT2D eigenvalue weighted by Gasteiger charge is -2.17. The predicted octanol–water partition coefficient (Wildman–Crippen LogP) is 3.65. The van der Waals surface area contributed by atoms with Crippen molar-refractivity contribution in [2.24, 2.45) is 0 Å². The van der Waals surface area contributed by atoms with Gasteiger partial charge >= 0.3 is 6.18 Å². The van der Waals surface area contributed by atoms with Gasteiger partial charge < -0.3 is 5.32 Å². The zero-order valence-corrected chi connectivity index (χ0v) is 11.2. The minimum Gasteiger partial charge on any atom is -0.317 e. The maximum Gasteiger partial charge on any atom is 0.389 e. The molecule has 0 saturated carbocycles. The van der Waals surface area contributed by atoms with Crippen LogP contribution in [0.4, 0.5) is 13.2 Å². The maximum absolute atomic E-state index is 12.2. The first kappa shape index (κ1) is 14.4. The Morgan fingerprint density at radius 1 is 1.21 bits per heavy atom. The summed E-state index contributed by atoms with van der Waals surface area (Å²) in [5.41, 5.74) is 3.92. The van der Waals surface area contributed by atoms with Gasteiger partial charge in [0.25, 0.3) is 0 Å². The fraction of sp³-hybridized carbons (Fsp3) is 0.600. The normalized spacial score (nSPS) is 16.4. The van der Waals surface area contributed by atoms with E-state index in [9.17, 15) is 13.2 Å². The lowest BCUT2D eigenvalue weighted by molar-refractivity contribution is -0.136. The molecule has 0 heterocycles. The van der Waals surface area contributed by atoms with Crippen molar-refractivity contribution >= 4 is 0 Å². The second-order valence-electron chi connectivity index (χ2n) is 5.30. The highest BCUT2D eigenvalue weighted by Gasteiger charge is 2.28. The molecule has 0 fully saturated rings. The van der Waals surface area contributed by atoms with Crippen molar-refractivity contribution in [3.8, 4) is 0 Å². The summed E-state index contributed by atoms with van der Waals surface area (Å²) in [4.78, 5) is 0.